The van der Waals surface area contributed by atoms with E-state index in [0.29, 0.717) is 27.0 Å². The smallest absolute Gasteiger partial charge is 0.253 e. The van der Waals surface area contributed by atoms with Crippen molar-refractivity contribution in [2.75, 3.05) is 30.3 Å². The molecule has 0 aromatic heterocycles. The SMILES string of the molecule is O=C(CNc1cccc(Cl)c1Cl)Nc1cccc(C(=O)N2CCCC2)c1. The molecule has 2 aromatic rings. The van der Waals surface area contributed by atoms with Crippen LogP contribution in [0.3, 0.4) is 0 Å². The van der Waals surface area contributed by atoms with E-state index < -0.39 is 0 Å². The van der Waals surface area contributed by atoms with Gasteiger partial charge in [-0.1, -0.05) is 35.3 Å². The monoisotopic (exact) mass is 391 g/mol. The van der Waals surface area contributed by atoms with Crippen LogP contribution < -0.4 is 10.6 Å². The van der Waals surface area contributed by atoms with E-state index in [4.69, 9.17) is 23.2 Å². The molecule has 136 valence electrons. The Kier molecular flexibility index (Phi) is 6.01. The maximum atomic E-state index is 12.4. The average Bonchev–Trinajstić information content (AvgIpc) is 3.17. The van der Waals surface area contributed by atoms with Crippen LogP contribution in [0.2, 0.25) is 10.0 Å². The van der Waals surface area contributed by atoms with Crippen molar-refractivity contribution in [3.05, 3.63) is 58.1 Å². The highest BCUT2D eigenvalue weighted by molar-refractivity contribution is 6.43. The Morgan fingerprint density at radius 1 is 1.04 bits per heavy atom. The molecule has 0 spiro atoms. The zero-order valence-corrected chi connectivity index (χ0v) is 15.6. The highest BCUT2D eigenvalue weighted by atomic mass is 35.5. The normalized spacial score (nSPS) is 13.5. The number of likely N-dealkylation sites (tertiary alicyclic amines) is 1. The molecule has 0 atom stereocenters. The van der Waals surface area contributed by atoms with Crippen molar-refractivity contribution in [3.63, 3.8) is 0 Å². The second kappa shape index (κ2) is 8.43. The van der Waals surface area contributed by atoms with Crippen molar-refractivity contribution >= 4 is 46.4 Å². The van der Waals surface area contributed by atoms with E-state index in [0.717, 1.165) is 25.9 Å². The van der Waals surface area contributed by atoms with Gasteiger partial charge in [-0.25, -0.2) is 0 Å². The molecular formula is C19H19Cl2N3O2. The number of nitrogens with one attached hydrogen (secondary N) is 2. The molecule has 26 heavy (non-hydrogen) atoms. The van der Waals surface area contributed by atoms with Gasteiger partial charge in [0.25, 0.3) is 5.91 Å². The fraction of sp³-hybridized carbons (Fsp3) is 0.263. The number of nitrogens with zero attached hydrogens (tertiary/aromatic N) is 1. The molecule has 1 aliphatic heterocycles. The number of hydrogen-bond donors (Lipinski definition) is 2. The van der Waals surface area contributed by atoms with E-state index in [9.17, 15) is 9.59 Å². The van der Waals surface area contributed by atoms with E-state index in [1.54, 1.807) is 42.5 Å². The highest BCUT2D eigenvalue weighted by Crippen LogP contribution is 2.29. The number of carbonyl (C=O) groups excluding carboxylic acids is 2. The van der Waals surface area contributed by atoms with Gasteiger partial charge in [-0.15, -0.1) is 0 Å². The van der Waals surface area contributed by atoms with Gasteiger partial charge in [0.2, 0.25) is 5.91 Å². The van der Waals surface area contributed by atoms with Crippen molar-refractivity contribution in [1.29, 1.82) is 0 Å². The number of rotatable bonds is 5. The van der Waals surface area contributed by atoms with Crippen LogP contribution in [-0.4, -0.2) is 36.3 Å². The largest absolute Gasteiger partial charge is 0.375 e. The highest BCUT2D eigenvalue weighted by Gasteiger charge is 2.19. The van der Waals surface area contributed by atoms with Crippen LogP contribution in [0.1, 0.15) is 23.2 Å². The van der Waals surface area contributed by atoms with E-state index in [1.807, 2.05) is 4.90 Å². The molecule has 0 unspecified atom stereocenters. The molecule has 1 saturated heterocycles. The molecule has 0 bridgehead atoms. The van der Waals surface area contributed by atoms with Gasteiger partial charge in [0.15, 0.2) is 0 Å². The summed E-state index contributed by atoms with van der Waals surface area (Å²) in [5.74, 6) is -0.241. The fourth-order valence-electron chi connectivity index (χ4n) is 2.85. The van der Waals surface area contributed by atoms with Gasteiger partial charge in [0.05, 0.1) is 22.3 Å². The Hall–Kier alpha value is -2.24. The maximum absolute atomic E-state index is 12.4. The first-order valence-electron chi connectivity index (χ1n) is 8.41. The molecule has 0 saturated carbocycles. The van der Waals surface area contributed by atoms with Gasteiger partial charge in [0.1, 0.15) is 0 Å². The number of anilines is 2. The van der Waals surface area contributed by atoms with Crippen LogP contribution in [0.15, 0.2) is 42.5 Å². The minimum absolute atomic E-state index is 0.00225. The number of hydrogen-bond acceptors (Lipinski definition) is 3. The maximum Gasteiger partial charge on any atom is 0.253 e. The summed E-state index contributed by atoms with van der Waals surface area (Å²) in [7, 11) is 0. The molecular weight excluding hydrogens is 373 g/mol. The average molecular weight is 392 g/mol. The minimum Gasteiger partial charge on any atom is -0.375 e. The van der Waals surface area contributed by atoms with E-state index in [-0.39, 0.29) is 18.4 Å². The molecule has 1 fully saturated rings. The molecule has 0 aliphatic carbocycles. The third-order valence-corrected chi connectivity index (χ3v) is 5.00. The summed E-state index contributed by atoms with van der Waals surface area (Å²) in [4.78, 5) is 26.5. The van der Waals surface area contributed by atoms with Crippen LogP contribution >= 0.6 is 23.2 Å². The summed E-state index contributed by atoms with van der Waals surface area (Å²) >= 11 is 12.0. The van der Waals surface area contributed by atoms with Crippen molar-refractivity contribution in [2.24, 2.45) is 0 Å². The summed E-state index contributed by atoms with van der Waals surface area (Å²) in [5.41, 5.74) is 1.75. The lowest BCUT2D eigenvalue weighted by atomic mass is 10.1. The molecule has 3 rings (SSSR count). The van der Waals surface area contributed by atoms with Crippen LogP contribution in [0.5, 0.6) is 0 Å². The van der Waals surface area contributed by atoms with E-state index in [2.05, 4.69) is 10.6 Å². The molecule has 1 heterocycles. The lowest BCUT2D eigenvalue weighted by molar-refractivity contribution is -0.114. The predicted octanol–water partition coefficient (Wildman–Crippen LogP) is 4.28. The molecule has 2 amide bonds. The third kappa shape index (κ3) is 4.48. The second-order valence-corrected chi connectivity index (χ2v) is 6.87. The van der Waals surface area contributed by atoms with Crippen LogP contribution in [0.25, 0.3) is 0 Å². The predicted molar refractivity (Wildman–Crippen MR) is 105 cm³/mol. The van der Waals surface area contributed by atoms with Crippen LogP contribution in [0.4, 0.5) is 11.4 Å². The van der Waals surface area contributed by atoms with Gasteiger partial charge in [-0.3, -0.25) is 9.59 Å². The van der Waals surface area contributed by atoms with Gasteiger partial charge in [0, 0.05) is 24.3 Å². The summed E-state index contributed by atoms with van der Waals surface area (Å²) < 4.78 is 0. The van der Waals surface area contributed by atoms with Crippen LogP contribution in [0, 0.1) is 0 Å². The topological polar surface area (TPSA) is 61.4 Å². The van der Waals surface area contributed by atoms with E-state index in [1.165, 1.54) is 0 Å². The Morgan fingerprint density at radius 2 is 1.77 bits per heavy atom. The summed E-state index contributed by atoms with van der Waals surface area (Å²) in [6, 6.07) is 12.2. The second-order valence-electron chi connectivity index (χ2n) is 6.08. The Morgan fingerprint density at radius 3 is 2.54 bits per heavy atom. The first kappa shape index (κ1) is 18.5. The Balaban J connectivity index is 1.59. The fourth-order valence-corrected chi connectivity index (χ4v) is 3.22. The molecule has 0 radical (unpaired) electrons. The lowest BCUT2D eigenvalue weighted by Gasteiger charge is -2.16. The number of halogens is 2. The summed E-state index contributed by atoms with van der Waals surface area (Å²) in [5, 5.41) is 6.53. The zero-order valence-electron chi connectivity index (χ0n) is 14.1. The minimum atomic E-state index is -0.244. The molecule has 2 aromatic carbocycles. The number of benzene rings is 2. The molecule has 5 nitrogen and oxygen atoms in total. The van der Waals surface area contributed by atoms with E-state index >= 15 is 0 Å². The summed E-state index contributed by atoms with van der Waals surface area (Å²) in [6.45, 7) is 1.61. The zero-order chi connectivity index (χ0) is 18.5. The first-order chi connectivity index (χ1) is 12.5. The van der Waals surface area contributed by atoms with Crippen molar-refractivity contribution in [2.45, 2.75) is 12.8 Å². The van der Waals surface area contributed by atoms with Gasteiger partial charge >= 0.3 is 0 Å². The molecule has 7 heteroatoms. The van der Waals surface area contributed by atoms with Crippen molar-refractivity contribution in [1.82, 2.24) is 4.90 Å². The number of amides is 2. The van der Waals surface area contributed by atoms with Crippen LogP contribution in [-0.2, 0) is 4.79 Å². The quantitative estimate of drug-likeness (QED) is 0.799. The first-order valence-corrected chi connectivity index (χ1v) is 9.17. The van der Waals surface area contributed by atoms with Gasteiger partial charge in [-0.2, -0.15) is 0 Å². The standard InChI is InChI=1S/C19H19Cl2N3O2/c20-15-7-4-8-16(18(15)21)22-12-17(25)23-14-6-3-5-13(11-14)19(26)24-9-1-2-10-24/h3-8,11,22H,1-2,9-10,12H2,(H,23,25). The molecule has 2 N–H and O–H groups in total. The molecule has 1 aliphatic rings. The van der Waals surface area contributed by atoms with Crippen molar-refractivity contribution < 1.29 is 9.59 Å². The Bertz CT molecular complexity index is 820. The van der Waals surface area contributed by atoms with Gasteiger partial charge < -0.3 is 15.5 Å². The Labute approximate surface area is 162 Å². The summed E-state index contributed by atoms with van der Waals surface area (Å²) in [6.07, 6.45) is 2.08. The van der Waals surface area contributed by atoms with Gasteiger partial charge in [-0.05, 0) is 43.2 Å². The third-order valence-electron chi connectivity index (χ3n) is 4.18. The van der Waals surface area contributed by atoms with Crippen molar-refractivity contribution in [3.8, 4) is 0 Å². The lowest BCUT2D eigenvalue weighted by Crippen LogP contribution is -2.27. The number of carbonyl (C=O) groups is 2.